The van der Waals surface area contributed by atoms with Crippen LogP contribution in [0.25, 0.3) is 0 Å². The number of aliphatic imine (C=N–C) groups is 1. The summed E-state index contributed by atoms with van der Waals surface area (Å²) in [4.78, 5) is 16.0. The average molecular weight is 382 g/mol. The quantitative estimate of drug-likeness (QED) is 0.321. The highest BCUT2D eigenvalue weighted by molar-refractivity contribution is 5.89. The van der Waals surface area contributed by atoms with Crippen LogP contribution in [0.5, 0.6) is 0 Å². The Morgan fingerprint density at radius 3 is 2.32 bits per heavy atom. The lowest BCUT2D eigenvalue weighted by molar-refractivity contribution is 0.250. The molecule has 28 heavy (non-hydrogen) atoms. The lowest BCUT2D eigenvalue weighted by Gasteiger charge is -2.13. The highest BCUT2D eigenvalue weighted by Gasteiger charge is 2.03. The lowest BCUT2D eigenvalue weighted by Crippen LogP contribution is -2.37. The van der Waals surface area contributed by atoms with Gasteiger partial charge in [0.2, 0.25) is 0 Å². The first-order valence-electron chi connectivity index (χ1n) is 9.71. The van der Waals surface area contributed by atoms with Crippen molar-refractivity contribution < 1.29 is 4.79 Å². The Morgan fingerprint density at radius 2 is 1.68 bits per heavy atom. The molecule has 0 saturated carbocycles. The van der Waals surface area contributed by atoms with Gasteiger partial charge in [-0.3, -0.25) is 4.99 Å². The monoisotopic (exact) mass is 381 g/mol. The van der Waals surface area contributed by atoms with Gasteiger partial charge in [-0.05, 0) is 49.9 Å². The van der Waals surface area contributed by atoms with Gasteiger partial charge in [-0.1, -0.05) is 42.5 Å². The third-order valence-corrected chi connectivity index (χ3v) is 4.09. The third-order valence-electron chi connectivity index (χ3n) is 4.09. The molecule has 2 amide bonds. The number of hydrogen-bond donors (Lipinski definition) is 4. The second-order valence-electron chi connectivity index (χ2n) is 6.89. The van der Waals surface area contributed by atoms with Gasteiger partial charge in [-0.25, -0.2) is 4.79 Å². The summed E-state index contributed by atoms with van der Waals surface area (Å²) in [7, 11) is 1.77. The number of anilines is 1. The zero-order valence-electron chi connectivity index (χ0n) is 17.0. The van der Waals surface area contributed by atoms with E-state index in [9.17, 15) is 4.79 Å². The van der Waals surface area contributed by atoms with E-state index in [1.807, 2.05) is 44.2 Å². The number of carbonyl (C=O) groups is 1. The molecule has 2 aromatic rings. The largest absolute Gasteiger partial charge is 0.356 e. The maximum atomic E-state index is 11.7. The van der Waals surface area contributed by atoms with Gasteiger partial charge in [-0.15, -0.1) is 0 Å². The number of nitrogens with one attached hydrogen (secondary N) is 4. The van der Waals surface area contributed by atoms with Crippen molar-refractivity contribution in [3.8, 4) is 0 Å². The van der Waals surface area contributed by atoms with Crippen molar-refractivity contribution >= 4 is 17.7 Å². The van der Waals surface area contributed by atoms with Crippen LogP contribution in [0, 0.1) is 0 Å². The Hall–Kier alpha value is -3.02. The fraction of sp³-hybridized carbons (Fsp3) is 0.364. The van der Waals surface area contributed by atoms with E-state index in [-0.39, 0.29) is 12.1 Å². The number of hydrogen-bond acceptors (Lipinski definition) is 2. The molecule has 0 radical (unpaired) electrons. The first-order chi connectivity index (χ1) is 13.6. The Morgan fingerprint density at radius 1 is 0.964 bits per heavy atom. The number of nitrogens with zero attached hydrogens (tertiary/aromatic N) is 1. The summed E-state index contributed by atoms with van der Waals surface area (Å²) in [5, 5.41) is 12.3. The highest BCUT2D eigenvalue weighted by Crippen LogP contribution is 2.09. The molecule has 0 atom stereocenters. The van der Waals surface area contributed by atoms with E-state index in [1.165, 1.54) is 5.56 Å². The summed E-state index contributed by atoms with van der Waals surface area (Å²) in [6.45, 7) is 5.38. The van der Waals surface area contributed by atoms with E-state index >= 15 is 0 Å². The van der Waals surface area contributed by atoms with Crippen molar-refractivity contribution in [2.24, 2.45) is 4.99 Å². The predicted molar refractivity (Wildman–Crippen MR) is 117 cm³/mol. The first kappa shape index (κ1) is 21.3. The SMILES string of the molecule is CN=C(NCCCc1ccccc1)NCc1ccc(NC(=O)NC(C)C)cc1. The number of benzene rings is 2. The van der Waals surface area contributed by atoms with Gasteiger partial charge in [0.05, 0.1) is 0 Å². The topological polar surface area (TPSA) is 77.6 Å². The fourth-order valence-electron chi connectivity index (χ4n) is 2.69. The first-order valence-corrected chi connectivity index (χ1v) is 9.71. The summed E-state index contributed by atoms with van der Waals surface area (Å²) in [6.07, 6.45) is 2.09. The van der Waals surface area contributed by atoms with Crippen LogP contribution in [0.1, 0.15) is 31.4 Å². The number of carbonyl (C=O) groups excluding carboxylic acids is 1. The molecule has 0 aliphatic heterocycles. The van der Waals surface area contributed by atoms with Crippen molar-refractivity contribution in [3.63, 3.8) is 0 Å². The van der Waals surface area contributed by atoms with Crippen LogP contribution in [0.15, 0.2) is 59.6 Å². The average Bonchev–Trinajstić information content (AvgIpc) is 2.69. The van der Waals surface area contributed by atoms with Gasteiger partial charge < -0.3 is 21.3 Å². The van der Waals surface area contributed by atoms with Crippen LogP contribution in [0.4, 0.5) is 10.5 Å². The second-order valence-corrected chi connectivity index (χ2v) is 6.89. The zero-order valence-corrected chi connectivity index (χ0v) is 17.0. The molecule has 150 valence electrons. The maximum absolute atomic E-state index is 11.7. The number of aryl methyl sites for hydroxylation is 1. The van der Waals surface area contributed by atoms with Crippen LogP contribution in [0.2, 0.25) is 0 Å². The molecule has 0 aliphatic carbocycles. The molecule has 4 N–H and O–H groups in total. The molecule has 0 spiro atoms. The molecule has 6 nitrogen and oxygen atoms in total. The summed E-state index contributed by atoms with van der Waals surface area (Å²) in [6, 6.07) is 18.2. The van der Waals surface area contributed by atoms with Crippen LogP contribution < -0.4 is 21.3 Å². The number of guanidine groups is 1. The summed E-state index contributed by atoms with van der Waals surface area (Å²) in [5.74, 6) is 0.784. The van der Waals surface area contributed by atoms with Gasteiger partial charge in [0, 0.05) is 31.9 Å². The molecule has 0 aromatic heterocycles. The van der Waals surface area contributed by atoms with E-state index in [2.05, 4.69) is 50.5 Å². The number of amides is 2. The standard InChI is InChI=1S/C22H31N5O/c1-17(2)26-22(28)27-20-13-11-19(12-14-20)16-25-21(23-3)24-15-7-10-18-8-5-4-6-9-18/h4-6,8-9,11-14,17H,7,10,15-16H2,1-3H3,(H2,23,24,25)(H2,26,27,28). The smallest absolute Gasteiger partial charge is 0.319 e. The molecule has 0 fully saturated rings. The highest BCUT2D eigenvalue weighted by atomic mass is 16.2. The third kappa shape index (κ3) is 8.12. The number of urea groups is 1. The van der Waals surface area contributed by atoms with Crippen LogP contribution >= 0.6 is 0 Å². The molecule has 0 unspecified atom stereocenters. The van der Waals surface area contributed by atoms with Gasteiger partial charge >= 0.3 is 6.03 Å². The lowest BCUT2D eigenvalue weighted by atomic mass is 10.1. The van der Waals surface area contributed by atoms with Gasteiger partial charge in [0.25, 0.3) is 0 Å². The molecule has 2 aromatic carbocycles. The maximum Gasteiger partial charge on any atom is 0.319 e. The van der Waals surface area contributed by atoms with E-state index in [4.69, 9.17) is 0 Å². The molecule has 0 heterocycles. The summed E-state index contributed by atoms with van der Waals surface area (Å²) >= 11 is 0. The van der Waals surface area contributed by atoms with Crippen LogP contribution in [-0.4, -0.2) is 31.6 Å². The molecular weight excluding hydrogens is 350 g/mol. The van der Waals surface area contributed by atoms with Gasteiger partial charge in [-0.2, -0.15) is 0 Å². The Bertz CT molecular complexity index is 741. The second kappa shape index (κ2) is 11.6. The minimum absolute atomic E-state index is 0.107. The Kier molecular flexibility index (Phi) is 8.85. The molecular formula is C22H31N5O. The Labute approximate surface area is 167 Å². The van der Waals surface area contributed by atoms with E-state index < -0.39 is 0 Å². The van der Waals surface area contributed by atoms with Crippen molar-refractivity contribution in [1.29, 1.82) is 0 Å². The van der Waals surface area contributed by atoms with Crippen LogP contribution in [-0.2, 0) is 13.0 Å². The van der Waals surface area contributed by atoms with Gasteiger partial charge in [0.1, 0.15) is 0 Å². The minimum atomic E-state index is -0.194. The van der Waals surface area contributed by atoms with Crippen molar-refractivity contribution in [1.82, 2.24) is 16.0 Å². The summed E-state index contributed by atoms with van der Waals surface area (Å²) in [5.41, 5.74) is 3.23. The van der Waals surface area contributed by atoms with E-state index in [0.29, 0.717) is 6.54 Å². The predicted octanol–water partition coefficient (Wildman–Crippen LogP) is 3.51. The van der Waals surface area contributed by atoms with Crippen molar-refractivity contribution in [3.05, 3.63) is 65.7 Å². The van der Waals surface area contributed by atoms with Crippen molar-refractivity contribution in [2.75, 3.05) is 18.9 Å². The molecule has 6 heteroatoms. The summed E-state index contributed by atoms with van der Waals surface area (Å²) < 4.78 is 0. The molecule has 0 bridgehead atoms. The van der Waals surface area contributed by atoms with E-state index in [0.717, 1.165) is 36.6 Å². The zero-order chi connectivity index (χ0) is 20.2. The van der Waals surface area contributed by atoms with Crippen molar-refractivity contribution in [2.45, 2.75) is 39.3 Å². The fourth-order valence-corrected chi connectivity index (χ4v) is 2.69. The minimum Gasteiger partial charge on any atom is -0.356 e. The van der Waals surface area contributed by atoms with Gasteiger partial charge in [0.15, 0.2) is 5.96 Å². The normalized spacial score (nSPS) is 11.2. The number of rotatable bonds is 8. The molecule has 2 rings (SSSR count). The molecule has 0 saturated heterocycles. The molecule has 0 aliphatic rings. The Balaban J connectivity index is 1.70. The van der Waals surface area contributed by atoms with Crippen LogP contribution in [0.3, 0.4) is 0 Å². The van der Waals surface area contributed by atoms with E-state index in [1.54, 1.807) is 7.05 Å².